The van der Waals surface area contributed by atoms with Crippen LogP contribution in [-0.2, 0) is 4.79 Å². The second kappa shape index (κ2) is 4.31. The number of nitrogens with zero attached hydrogens (tertiary/aromatic N) is 1. The summed E-state index contributed by atoms with van der Waals surface area (Å²) in [6.45, 7) is 3.09. The summed E-state index contributed by atoms with van der Waals surface area (Å²) in [7, 11) is 0. The number of β-amino-alcohol motifs (C(OH)–C–C–N with tert-alkyl or cyclic N) is 1. The normalized spacial score (nSPS) is 28.9. The molecule has 5 heteroatoms. The minimum atomic E-state index is -0.601. The van der Waals surface area contributed by atoms with Crippen LogP contribution in [0.5, 0.6) is 0 Å². The van der Waals surface area contributed by atoms with Crippen molar-refractivity contribution >= 4 is 17.7 Å². The number of carbonyl (C=O) groups excluding carboxylic acids is 1. The van der Waals surface area contributed by atoms with Crippen LogP contribution in [0, 0.1) is 0 Å². The molecule has 0 bridgehead atoms. The first-order chi connectivity index (χ1) is 7.14. The summed E-state index contributed by atoms with van der Waals surface area (Å²) in [4.78, 5) is 13.6. The molecule has 0 aromatic carbocycles. The molecule has 2 aliphatic rings. The molecule has 2 rings (SSSR count). The van der Waals surface area contributed by atoms with Crippen LogP contribution in [0.4, 0.5) is 0 Å². The van der Waals surface area contributed by atoms with Crippen molar-refractivity contribution in [3.8, 4) is 0 Å². The van der Waals surface area contributed by atoms with Gasteiger partial charge in [-0.25, -0.2) is 0 Å². The molecule has 0 aromatic heterocycles. The molecule has 15 heavy (non-hydrogen) atoms. The van der Waals surface area contributed by atoms with Crippen molar-refractivity contribution in [1.82, 2.24) is 10.2 Å². The Balaban J connectivity index is 1.80. The van der Waals surface area contributed by atoms with E-state index in [0.717, 1.165) is 24.5 Å². The van der Waals surface area contributed by atoms with E-state index in [1.165, 1.54) is 0 Å². The fourth-order valence-corrected chi connectivity index (χ4v) is 3.15. The fourth-order valence-electron chi connectivity index (χ4n) is 2.22. The Labute approximate surface area is 94.4 Å². The van der Waals surface area contributed by atoms with E-state index in [0.29, 0.717) is 13.1 Å². The molecular weight excluding hydrogens is 212 g/mol. The summed E-state index contributed by atoms with van der Waals surface area (Å²) in [5.41, 5.74) is -0.601. The first kappa shape index (κ1) is 11.2. The van der Waals surface area contributed by atoms with Gasteiger partial charge >= 0.3 is 0 Å². The lowest BCUT2D eigenvalue weighted by molar-refractivity contribution is -0.157. The van der Waals surface area contributed by atoms with E-state index in [9.17, 15) is 9.90 Å². The second-order valence-electron chi connectivity index (χ2n) is 4.44. The molecule has 0 aliphatic carbocycles. The van der Waals surface area contributed by atoms with E-state index in [-0.39, 0.29) is 11.9 Å². The maximum Gasteiger partial charge on any atom is 0.240 e. The molecule has 2 heterocycles. The number of amides is 1. The highest BCUT2D eigenvalue weighted by Crippen LogP contribution is 2.27. The molecule has 2 saturated heterocycles. The van der Waals surface area contributed by atoms with E-state index >= 15 is 0 Å². The Kier molecular flexibility index (Phi) is 3.23. The Hall–Kier alpha value is -0.260. The Morgan fingerprint density at radius 1 is 1.67 bits per heavy atom. The summed E-state index contributed by atoms with van der Waals surface area (Å²) < 4.78 is 0. The van der Waals surface area contributed by atoms with Gasteiger partial charge in [0, 0.05) is 11.6 Å². The molecule has 0 radical (unpaired) electrons. The molecule has 1 amide bonds. The van der Waals surface area contributed by atoms with Gasteiger partial charge in [0.05, 0.1) is 24.7 Å². The Bertz CT molecular complexity index is 248. The SMILES string of the molecule is CCCC1(O)CN(C(=O)C2CSCN2)C1. The van der Waals surface area contributed by atoms with Crippen molar-refractivity contribution in [3.63, 3.8) is 0 Å². The first-order valence-corrected chi connectivity index (χ1v) is 6.62. The van der Waals surface area contributed by atoms with E-state index in [2.05, 4.69) is 12.2 Å². The zero-order chi connectivity index (χ0) is 10.9. The summed E-state index contributed by atoms with van der Waals surface area (Å²) in [5, 5.41) is 13.1. The van der Waals surface area contributed by atoms with Gasteiger partial charge in [-0.1, -0.05) is 13.3 Å². The van der Waals surface area contributed by atoms with Crippen molar-refractivity contribution in [2.24, 2.45) is 0 Å². The van der Waals surface area contributed by atoms with Crippen molar-refractivity contribution in [3.05, 3.63) is 0 Å². The van der Waals surface area contributed by atoms with Crippen LogP contribution < -0.4 is 5.32 Å². The fraction of sp³-hybridized carbons (Fsp3) is 0.900. The second-order valence-corrected chi connectivity index (χ2v) is 5.47. The van der Waals surface area contributed by atoms with Crippen LogP contribution in [0.15, 0.2) is 0 Å². The number of likely N-dealkylation sites (tertiary alicyclic amines) is 1. The standard InChI is InChI=1S/C10H18N2O2S/c1-2-3-10(14)5-12(6-10)9(13)8-4-15-7-11-8/h8,11,14H,2-7H2,1H3. The lowest BCUT2D eigenvalue weighted by atomic mass is 9.89. The van der Waals surface area contributed by atoms with Crippen molar-refractivity contribution in [2.45, 2.75) is 31.4 Å². The highest BCUT2D eigenvalue weighted by Gasteiger charge is 2.44. The van der Waals surface area contributed by atoms with Crippen LogP contribution in [0.3, 0.4) is 0 Å². The predicted octanol–water partition coefficient (Wildman–Crippen LogP) is 0.0223. The van der Waals surface area contributed by atoms with Gasteiger partial charge in [0.25, 0.3) is 0 Å². The molecule has 1 atom stereocenters. The molecule has 86 valence electrons. The van der Waals surface area contributed by atoms with Crippen LogP contribution in [0.2, 0.25) is 0 Å². The van der Waals surface area contributed by atoms with Crippen molar-refractivity contribution in [1.29, 1.82) is 0 Å². The number of thioether (sulfide) groups is 1. The third-order valence-corrected chi connectivity index (χ3v) is 3.95. The van der Waals surface area contributed by atoms with Gasteiger partial charge in [-0.15, -0.1) is 11.8 Å². The third-order valence-electron chi connectivity index (χ3n) is 3.01. The number of carbonyl (C=O) groups is 1. The molecular formula is C10H18N2O2S. The highest BCUT2D eigenvalue weighted by molar-refractivity contribution is 7.99. The topological polar surface area (TPSA) is 52.6 Å². The van der Waals surface area contributed by atoms with Crippen LogP contribution in [0.25, 0.3) is 0 Å². The van der Waals surface area contributed by atoms with Gasteiger partial charge in [0.1, 0.15) is 0 Å². The van der Waals surface area contributed by atoms with Crippen LogP contribution >= 0.6 is 11.8 Å². The van der Waals surface area contributed by atoms with Gasteiger partial charge in [-0.05, 0) is 6.42 Å². The highest BCUT2D eigenvalue weighted by atomic mass is 32.2. The third kappa shape index (κ3) is 2.29. The van der Waals surface area contributed by atoms with E-state index in [1.807, 2.05) is 0 Å². The molecule has 2 aliphatic heterocycles. The Morgan fingerprint density at radius 2 is 2.40 bits per heavy atom. The van der Waals surface area contributed by atoms with Crippen molar-refractivity contribution in [2.75, 3.05) is 24.7 Å². The monoisotopic (exact) mass is 230 g/mol. The number of aliphatic hydroxyl groups is 1. The summed E-state index contributed by atoms with van der Waals surface area (Å²) in [5.74, 6) is 1.88. The number of hydrogen-bond acceptors (Lipinski definition) is 4. The van der Waals surface area contributed by atoms with Crippen molar-refractivity contribution < 1.29 is 9.90 Å². The Morgan fingerprint density at radius 3 is 2.93 bits per heavy atom. The summed E-state index contributed by atoms with van der Waals surface area (Å²) >= 11 is 1.75. The number of nitrogens with one attached hydrogen (secondary N) is 1. The van der Waals surface area contributed by atoms with Crippen LogP contribution in [-0.4, -0.2) is 52.3 Å². The first-order valence-electron chi connectivity index (χ1n) is 5.47. The average molecular weight is 230 g/mol. The quantitative estimate of drug-likeness (QED) is 0.718. The maximum absolute atomic E-state index is 11.9. The van der Waals surface area contributed by atoms with Gasteiger partial charge < -0.3 is 10.0 Å². The number of hydrogen-bond donors (Lipinski definition) is 2. The smallest absolute Gasteiger partial charge is 0.240 e. The maximum atomic E-state index is 11.9. The zero-order valence-corrected chi connectivity index (χ0v) is 9.85. The summed E-state index contributed by atoms with van der Waals surface area (Å²) in [6.07, 6.45) is 1.76. The van der Waals surface area contributed by atoms with E-state index in [1.54, 1.807) is 16.7 Å². The molecule has 0 saturated carbocycles. The average Bonchev–Trinajstić information content (AvgIpc) is 2.66. The number of rotatable bonds is 3. The van der Waals surface area contributed by atoms with Crippen LogP contribution in [0.1, 0.15) is 19.8 Å². The molecule has 0 aromatic rings. The molecule has 4 nitrogen and oxygen atoms in total. The minimum absolute atomic E-state index is 0.0267. The zero-order valence-electron chi connectivity index (χ0n) is 9.03. The molecule has 1 unspecified atom stereocenters. The van der Waals surface area contributed by atoms with Gasteiger partial charge in [0.15, 0.2) is 0 Å². The van der Waals surface area contributed by atoms with Gasteiger partial charge in [0.2, 0.25) is 5.91 Å². The van der Waals surface area contributed by atoms with E-state index in [4.69, 9.17) is 0 Å². The summed E-state index contributed by atoms with van der Waals surface area (Å²) in [6, 6.07) is -0.0267. The molecule has 2 fully saturated rings. The lowest BCUT2D eigenvalue weighted by Crippen LogP contribution is -2.65. The largest absolute Gasteiger partial charge is 0.386 e. The van der Waals surface area contributed by atoms with E-state index < -0.39 is 5.60 Å². The van der Waals surface area contributed by atoms with Gasteiger partial charge in [-0.3, -0.25) is 10.1 Å². The lowest BCUT2D eigenvalue weighted by Gasteiger charge is -2.47. The van der Waals surface area contributed by atoms with Gasteiger partial charge in [-0.2, -0.15) is 0 Å². The molecule has 2 N–H and O–H groups in total. The minimum Gasteiger partial charge on any atom is -0.386 e. The molecule has 0 spiro atoms. The predicted molar refractivity (Wildman–Crippen MR) is 60.7 cm³/mol.